The van der Waals surface area contributed by atoms with Crippen LogP contribution in [-0.4, -0.2) is 112 Å². The van der Waals surface area contributed by atoms with E-state index in [1.807, 2.05) is 6.07 Å². The van der Waals surface area contributed by atoms with E-state index < -0.39 is 46.7 Å². The van der Waals surface area contributed by atoms with E-state index in [4.69, 9.17) is 28.4 Å². The van der Waals surface area contributed by atoms with Crippen LogP contribution in [-0.2, 0) is 33.2 Å². The molecular weight excluding hydrogens is 566 g/mol. The molecule has 6 aliphatic rings. The molecule has 10 heteroatoms. The fourth-order valence-corrected chi connectivity index (χ4v) is 12.3. The summed E-state index contributed by atoms with van der Waals surface area (Å²) in [5.41, 5.74) is -2.88. The number of piperidine rings is 1. The van der Waals surface area contributed by atoms with Gasteiger partial charge in [0.2, 0.25) is 0 Å². The fraction of sp³-hybridized carbons (Fsp3) is 0.765. The van der Waals surface area contributed by atoms with Gasteiger partial charge in [-0.05, 0) is 43.9 Å². The lowest BCUT2D eigenvalue weighted by atomic mass is 9.43. The average Bonchev–Trinajstić information content (AvgIpc) is 3.39. The zero-order valence-electron chi connectivity index (χ0n) is 26.7. The second-order valence-corrected chi connectivity index (χ2v) is 14.3. The van der Waals surface area contributed by atoms with E-state index in [0.717, 1.165) is 25.9 Å². The van der Waals surface area contributed by atoms with Gasteiger partial charge in [-0.3, -0.25) is 9.69 Å². The van der Waals surface area contributed by atoms with Crippen molar-refractivity contribution in [2.24, 2.45) is 34.5 Å². The van der Waals surface area contributed by atoms with E-state index in [-0.39, 0.29) is 47.8 Å². The van der Waals surface area contributed by atoms with Gasteiger partial charge in [0.15, 0.2) is 0 Å². The maximum absolute atomic E-state index is 13.7. The minimum atomic E-state index is -1.48. The number of hydrogen-bond acceptors (Lipinski definition) is 10. The lowest BCUT2D eigenvalue weighted by Crippen LogP contribution is -2.77. The zero-order chi connectivity index (χ0) is 31.2. The topological polar surface area (TPSA) is 113 Å². The summed E-state index contributed by atoms with van der Waals surface area (Å²) in [5.74, 6) is -1.85. The van der Waals surface area contributed by atoms with Crippen LogP contribution in [0.25, 0.3) is 0 Å². The predicted molar refractivity (Wildman–Crippen MR) is 158 cm³/mol. The smallest absolute Gasteiger partial charge is 0.338 e. The number of rotatable bonds is 9. The van der Waals surface area contributed by atoms with Crippen molar-refractivity contribution in [3.63, 3.8) is 0 Å². The Morgan fingerprint density at radius 2 is 1.73 bits per heavy atom. The van der Waals surface area contributed by atoms with Crippen LogP contribution in [0.3, 0.4) is 0 Å². The highest BCUT2D eigenvalue weighted by atomic mass is 16.6. The van der Waals surface area contributed by atoms with Gasteiger partial charge in [-0.1, -0.05) is 25.1 Å². The molecule has 1 aromatic rings. The molecule has 44 heavy (non-hydrogen) atoms. The Hall–Kier alpha value is -2.08. The molecule has 1 N–H and O–H groups in total. The number of fused-ring (bicyclic) bond motifs is 2. The van der Waals surface area contributed by atoms with Crippen molar-refractivity contribution in [1.29, 1.82) is 0 Å². The first-order chi connectivity index (χ1) is 21.1. The molecule has 1 saturated heterocycles. The number of esters is 2. The van der Waals surface area contributed by atoms with Gasteiger partial charge in [0.25, 0.3) is 0 Å². The van der Waals surface area contributed by atoms with E-state index in [2.05, 4.69) is 11.8 Å². The van der Waals surface area contributed by atoms with Gasteiger partial charge in [0.1, 0.15) is 17.3 Å². The standard InChI is InChI=1S/C34H47NO9/c1-7-35-17-31(18-39-3)14-13-22(40-4)34-21-15-32(38)23(41-5)16-33(44-19(2)36,25(28(34)35)26(42-6)27(31)34)24(21)29(32)43-30(37)20-11-9-8-10-12-20/h8-12,21-29,38H,7,13-18H2,1-6H3/t21?,22-,23-,24?,25+,26-,27?,28?,29+,31-,32-,33+,34-/m0/s1. The second-order valence-electron chi connectivity index (χ2n) is 14.3. The van der Waals surface area contributed by atoms with Gasteiger partial charge in [-0.15, -0.1) is 0 Å². The third kappa shape index (κ3) is 3.58. The number of ether oxygens (including phenoxy) is 6. The summed E-state index contributed by atoms with van der Waals surface area (Å²) in [7, 11) is 6.90. The molecule has 1 aliphatic heterocycles. The van der Waals surface area contributed by atoms with Crippen LogP contribution in [0, 0.1) is 34.5 Å². The van der Waals surface area contributed by atoms with E-state index >= 15 is 0 Å². The molecule has 7 bridgehead atoms. The van der Waals surface area contributed by atoms with Gasteiger partial charge >= 0.3 is 11.9 Å². The Bertz CT molecular complexity index is 1290. The molecule has 0 amide bonds. The molecule has 1 aromatic carbocycles. The third-order valence-corrected chi connectivity index (χ3v) is 13.0. The van der Waals surface area contributed by atoms with E-state index in [1.54, 1.807) is 52.7 Å². The highest BCUT2D eigenvalue weighted by Crippen LogP contribution is 2.80. The van der Waals surface area contributed by atoms with Crippen molar-refractivity contribution in [1.82, 2.24) is 4.90 Å². The number of methoxy groups -OCH3 is 4. The van der Waals surface area contributed by atoms with Gasteiger partial charge in [0, 0.05) is 83.0 Å². The Morgan fingerprint density at radius 1 is 1.00 bits per heavy atom. The molecule has 1 spiro atoms. The number of carbonyl (C=O) groups is 2. The maximum atomic E-state index is 13.7. The molecule has 10 nitrogen and oxygen atoms in total. The lowest BCUT2D eigenvalue weighted by Gasteiger charge is -2.69. The molecular formula is C34H47NO9. The quantitative estimate of drug-likeness (QED) is 0.417. The van der Waals surface area contributed by atoms with Crippen LogP contribution in [0.2, 0.25) is 0 Å². The molecule has 5 saturated carbocycles. The number of aliphatic hydroxyl groups is 1. The molecule has 0 aromatic heterocycles. The SMILES string of the molecule is CCN1C[C@]2(COC)CC[C@H](OC)[C@]34C5C[C@]6(O)[C@@H](OC)C[C@@](OC(C)=O)(C5[C@H]6OC(=O)c5ccccc5)[C@@H](C13)[C@H](OC)C24. The van der Waals surface area contributed by atoms with Crippen LogP contribution in [0.1, 0.15) is 49.9 Å². The lowest BCUT2D eigenvalue weighted by molar-refractivity contribution is -0.287. The van der Waals surface area contributed by atoms with E-state index in [9.17, 15) is 14.7 Å². The van der Waals surface area contributed by atoms with Crippen LogP contribution in [0.5, 0.6) is 0 Å². The summed E-state index contributed by atoms with van der Waals surface area (Å²) in [5, 5.41) is 12.7. The average molecular weight is 614 g/mol. The predicted octanol–water partition coefficient (Wildman–Crippen LogP) is 2.71. The number of carbonyl (C=O) groups excluding carboxylic acids is 2. The summed E-state index contributed by atoms with van der Waals surface area (Å²) in [6.45, 7) is 5.84. The summed E-state index contributed by atoms with van der Waals surface area (Å²) >= 11 is 0. The van der Waals surface area contributed by atoms with Crippen molar-refractivity contribution >= 4 is 11.9 Å². The third-order valence-electron chi connectivity index (χ3n) is 13.0. The van der Waals surface area contributed by atoms with Crippen molar-refractivity contribution in [2.75, 3.05) is 48.1 Å². The minimum absolute atomic E-state index is 0.0216. The first kappa shape index (κ1) is 30.6. The Balaban J connectivity index is 1.49. The van der Waals surface area contributed by atoms with Crippen molar-refractivity contribution in [2.45, 2.75) is 81.2 Å². The number of hydrogen-bond donors (Lipinski definition) is 1. The van der Waals surface area contributed by atoms with Gasteiger partial charge < -0.3 is 33.5 Å². The van der Waals surface area contributed by atoms with Crippen LogP contribution in [0.4, 0.5) is 0 Å². The van der Waals surface area contributed by atoms with Crippen molar-refractivity contribution in [3.8, 4) is 0 Å². The first-order valence-electron chi connectivity index (χ1n) is 16.1. The molecule has 0 radical (unpaired) electrons. The first-order valence-corrected chi connectivity index (χ1v) is 16.1. The summed E-state index contributed by atoms with van der Waals surface area (Å²) in [4.78, 5) is 29.5. The maximum Gasteiger partial charge on any atom is 0.338 e. The Labute approximate surface area is 259 Å². The minimum Gasteiger partial charge on any atom is -0.458 e. The van der Waals surface area contributed by atoms with Gasteiger partial charge in [-0.2, -0.15) is 0 Å². The Morgan fingerprint density at radius 3 is 2.34 bits per heavy atom. The monoisotopic (exact) mass is 613 g/mol. The normalized spacial score (nSPS) is 48.2. The van der Waals surface area contributed by atoms with Crippen LogP contribution in [0.15, 0.2) is 30.3 Å². The molecule has 13 atom stereocenters. The molecule has 242 valence electrons. The van der Waals surface area contributed by atoms with Gasteiger partial charge in [-0.25, -0.2) is 4.79 Å². The van der Waals surface area contributed by atoms with Gasteiger partial charge in [0.05, 0.1) is 30.5 Å². The van der Waals surface area contributed by atoms with Crippen LogP contribution < -0.4 is 0 Å². The van der Waals surface area contributed by atoms with E-state index in [1.165, 1.54) is 6.92 Å². The highest BCUT2D eigenvalue weighted by Gasteiger charge is 2.89. The molecule has 1 heterocycles. The molecule has 4 unspecified atom stereocenters. The van der Waals surface area contributed by atoms with Crippen LogP contribution >= 0.6 is 0 Å². The van der Waals surface area contributed by atoms with Crippen molar-refractivity contribution < 1.29 is 43.1 Å². The highest BCUT2D eigenvalue weighted by molar-refractivity contribution is 5.89. The zero-order valence-corrected chi connectivity index (χ0v) is 26.7. The number of benzene rings is 1. The molecule has 6 fully saturated rings. The molecule has 5 aliphatic carbocycles. The fourth-order valence-electron chi connectivity index (χ4n) is 12.3. The summed E-state index contributed by atoms with van der Waals surface area (Å²) in [6.07, 6.45) is 0.292. The van der Waals surface area contributed by atoms with E-state index in [0.29, 0.717) is 18.6 Å². The largest absolute Gasteiger partial charge is 0.458 e. The second kappa shape index (κ2) is 10.5. The molecule has 7 rings (SSSR count). The van der Waals surface area contributed by atoms with Crippen molar-refractivity contribution in [3.05, 3.63) is 35.9 Å². The summed E-state index contributed by atoms with van der Waals surface area (Å²) in [6, 6.07) is 8.80. The Kier molecular flexibility index (Phi) is 7.27. The number of nitrogens with zero attached hydrogens (tertiary/aromatic N) is 1. The summed E-state index contributed by atoms with van der Waals surface area (Å²) < 4.78 is 38.2. The number of likely N-dealkylation sites (tertiary alicyclic amines) is 1.